The third kappa shape index (κ3) is 3.85. The molecule has 0 bridgehead atoms. The molecule has 0 saturated heterocycles. The van der Waals surface area contributed by atoms with Crippen LogP contribution < -0.4 is 0 Å². The van der Waals surface area contributed by atoms with Gasteiger partial charge in [0.2, 0.25) is 0 Å². The van der Waals surface area contributed by atoms with E-state index in [4.69, 9.17) is 0 Å². The largest absolute Gasteiger partial charge is 0.298 e. The van der Waals surface area contributed by atoms with Gasteiger partial charge in [-0.25, -0.2) is 0 Å². The van der Waals surface area contributed by atoms with Gasteiger partial charge in [0.1, 0.15) is 6.29 Å². The molecule has 0 spiro atoms. The highest BCUT2D eigenvalue weighted by molar-refractivity contribution is 14.1. The summed E-state index contributed by atoms with van der Waals surface area (Å²) >= 11 is 4.08. The van der Waals surface area contributed by atoms with E-state index in [2.05, 4.69) is 46.9 Å². The molecule has 0 amide bonds. The molecule has 0 aliphatic heterocycles. The van der Waals surface area contributed by atoms with Gasteiger partial charge in [-0.2, -0.15) is 0 Å². The first-order valence-electron chi connectivity index (χ1n) is 5.20. The molecule has 1 nitrogen and oxygen atoms in total. The van der Waals surface area contributed by atoms with Crippen molar-refractivity contribution in [1.29, 1.82) is 0 Å². The van der Waals surface area contributed by atoms with E-state index < -0.39 is 0 Å². The minimum absolute atomic E-state index is 0.726. The fourth-order valence-corrected chi connectivity index (χ4v) is 2.60. The summed E-state index contributed by atoms with van der Waals surface area (Å²) in [5, 5.41) is 0. The van der Waals surface area contributed by atoms with Gasteiger partial charge in [-0.15, -0.1) is 11.8 Å². The molecule has 17 heavy (non-hydrogen) atoms. The molecule has 3 heteroatoms. The van der Waals surface area contributed by atoms with E-state index >= 15 is 0 Å². The zero-order valence-corrected chi connectivity index (χ0v) is 12.1. The Morgan fingerprint density at radius 1 is 1.00 bits per heavy atom. The van der Waals surface area contributed by atoms with Crippen LogP contribution in [0.25, 0.3) is 0 Å². The smallest absolute Gasteiger partial charge is 0.150 e. The van der Waals surface area contributed by atoms with Crippen LogP contribution in [0.3, 0.4) is 0 Å². The number of aldehydes is 1. The predicted octanol–water partition coefficient (Wildman–Crippen LogP) is 4.40. The van der Waals surface area contributed by atoms with Gasteiger partial charge in [-0.05, 0) is 52.4 Å². The predicted molar refractivity (Wildman–Crippen MR) is 80.5 cm³/mol. The van der Waals surface area contributed by atoms with E-state index in [9.17, 15) is 4.79 Å². The standard InChI is InChI=1S/C14H11IOS/c15-13-5-1-12(2-6-13)10-17-14-7-3-11(9-16)4-8-14/h1-9H,10H2. The fraction of sp³-hybridized carbons (Fsp3) is 0.0714. The number of thioether (sulfide) groups is 1. The Morgan fingerprint density at radius 2 is 1.65 bits per heavy atom. The van der Waals surface area contributed by atoms with E-state index in [1.165, 1.54) is 14.0 Å². The lowest BCUT2D eigenvalue weighted by Gasteiger charge is -2.02. The second-order valence-corrected chi connectivity index (χ2v) is 5.90. The first-order valence-corrected chi connectivity index (χ1v) is 7.27. The Hall–Kier alpha value is -0.810. The number of halogens is 1. The number of carbonyl (C=O) groups excluding carboxylic acids is 1. The van der Waals surface area contributed by atoms with E-state index in [0.717, 1.165) is 17.6 Å². The number of carbonyl (C=O) groups is 1. The summed E-state index contributed by atoms with van der Waals surface area (Å²) in [6, 6.07) is 16.2. The minimum atomic E-state index is 0.726. The van der Waals surface area contributed by atoms with Gasteiger partial charge in [-0.3, -0.25) is 4.79 Å². The minimum Gasteiger partial charge on any atom is -0.298 e. The third-order valence-corrected chi connectivity index (χ3v) is 4.14. The van der Waals surface area contributed by atoms with Gasteiger partial charge in [-0.1, -0.05) is 24.3 Å². The van der Waals surface area contributed by atoms with Crippen LogP contribution in [0.4, 0.5) is 0 Å². The van der Waals surface area contributed by atoms with Crippen molar-refractivity contribution in [3.8, 4) is 0 Å². The SMILES string of the molecule is O=Cc1ccc(SCc2ccc(I)cc2)cc1. The van der Waals surface area contributed by atoms with Gasteiger partial charge in [0, 0.05) is 19.8 Å². The maximum atomic E-state index is 10.5. The molecule has 0 radical (unpaired) electrons. The van der Waals surface area contributed by atoms with Crippen LogP contribution >= 0.6 is 34.4 Å². The van der Waals surface area contributed by atoms with Gasteiger partial charge in [0.05, 0.1) is 0 Å². The van der Waals surface area contributed by atoms with E-state index in [0.29, 0.717) is 0 Å². The average molecular weight is 354 g/mol. The molecular weight excluding hydrogens is 343 g/mol. The molecule has 0 saturated carbocycles. The van der Waals surface area contributed by atoms with Crippen LogP contribution in [0.1, 0.15) is 15.9 Å². The van der Waals surface area contributed by atoms with Crippen LogP contribution in [0.15, 0.2) is 53.4 Å². The maximum Gasteiger partial charge on any atom is 0.150 e. The monoisotopic (exact) mass is 354 g/mol. The summed E-state index contributed by atoms with van der Waals surface area (Å²) < 4.78 is 1.26. The Bertz CT molecular complexity index is 491. The number of hydrogen-bond donors (Lipinski definition) is 0. The highest BCUT2D eigenvalue weighted by atomic mass is 127. The van der Waals surface area contributed by atoms with Crippen molar-refractivity contribution in [3.05, 3.63) is 63.2 Å². The van der Waals surface area contributed by atoms with Crippen LogP contribution in [-0.4, -0.2) is 6.29 Å². The van der Waals surface area contributed by atoms with Crippen molar-refractivity contribution in [2.24, 2.45) is 0 Å². The lowest BCUT2D eigenvalue weighted by atomic mass is 10.2. The first kappa shape index (κ1) is 12.6. The van der Waals surface area contributed by atoms with Crippen LogP contribution in [0.5, 0.6) is 0 Å². The summed E-state index contributed by atoms with van der Waals surface area (Å²) in [5.74, 6) is 0.956. The van der Waals surface area contributed by atoms with Crippen LogP contribution in [-0.2, 0) is 5.75 Å². The van der Waals surface area contributed by atoms with Crippen LogP contribution in [0, 0.1) is 3.57 Å². The Kier molecular flexibility index (Phi) is 4.62. The van der Waals surface area contributed by atoms with Crippen molar-refractivity contribution >= 4 is 40.6 Å². The summed E-state index contributed by atoms with van der Waals surface area (Å²) in [6.45, 7) is 0. The number of hydrogen-bond acceptors (Lipinski definition) is 2. The molecule has 2 aromatic carbocycles. The summed E-state index contributed by atoms with van der Waals surface area (Å²) in [7, 11) is 0. The summed E-state index contributed by atoms with van der Waals surface area (Å²) in [5.41, 5.74) is 2.04. The highest BCUT2D eigenvalue weighted by Crippen LogP contribution is 2.23. The lowest BCUT2D eigenvalue weighted by molar-refractivity contribution is 0.112. The summed E-state index contributed by atoms with van der Waals surface area (Å²) in [4.78, 5) is 11.7. The van der Waals surface area contributed by atoms with Gasteiger partial charge in [0.15, 0.2) is 0 Å². The van der Waals surface area contributed by atoms with Gasteiger partial charge in [0.25, 0.3) is 0 Å². The normalized spacial score (nSPS) is 10.2. The molecule has 2 aromatic rings. The fourth-order valence-electron chi connectivity index (χ4n) is 1.39. The van der Waals surface area contributed by atoms with Crippen molar-refractivity contribution in [3.63, 3.8) is 0 Å². The van der Waals surface area contributed by atoms with Gasteiger partial charge < -0.3 is 0 Å². The molecule has 0 aliphatic rings. The molecule has 0 unspecified atom stereocenters. The zero-order valence-electron chi connectivity index (χ0n) is 9.10. The second kappa shape index (κ2) is 6.21. The molecule has 2 rings (SSSR count). The Balaban J connectivity index is 1.97. The van der Waals surface area contributed by atoms with Crippen molar-refractivity contribution in [2.75, 3.05) is 0 Å². The first-order chi connectivity index (χ1) is 8.28. The second-order valence-electron chi connectivity index (χ2n) is 3.60. The average Bonchev–Trinajstić information content (AvgIpc) is 2.39. The van der Waals surface area contributed by atoms with Crippen molar-refractivity contribution in [2.45, 2.75) is 10.6 Å². The topological polar surface area (TPSA) is 17.1 Å². The Morgan fingerprint density at radius 3 is 2.24 bits per heavy atom. The molecule has 0 N–H and O–H groups in total. The zero-order chi connectivity index (χ0) is 12.1. The molecule has 86 valence electrons. The van der Waals surface area contributed by atoms with E-state index in [-0.39, 0.29) is 0 Å². The van der Waals surface area contributed by atoms with E-state index in [1.54, 1.807) is 11.8 Å². The Labute approximate surface area is 119 Å². The van der Waals surface area contributed by atoms with Crippen molar-refractivity contribution in [1.82, 2.24) is 0 Å². The molecule has 0 aliphatic carbocycles. The van der Waals surface area contributed by atoms with Gasteiger partial charge >= 0.3 is 0 Å². The lowest BCUT2D eigenvalue weighted by Crippen LogP contribution is -1.82. The quantitative estimate of drug-likeness (QED) is 0.460. The highest BCUT2D eigenvalue weighted by Gasteiger charge is 1.97. The summed E-state index contributed by atoms with van der Waals surface area (Å²) in [6.07, 6.45) is 0.869. The van der Waals surface area contributed by atoms with Crippen molar-refractivity contribution < 1.29 is 4.79 Å². The molecule has 0 atom stereocenters. The van der Waals surface area contributed by atoms with E-state index in [1.807, 2.05) is 24.3 Å². The molecular formula is C14H11IOS. The van der Waals surface area contributed by atoms with Crippen LogP contribution in [0.2, 0.25) is 0 Å². The molecule has 0 aromatic heterocycles. The molecule has 0 heterocycles. The third-order valence-electron chi connectivity index (χ3n) is 2.33. The number of rotatable bonds is 4. The molecule has 0 fully saturated rings. The maximum absolute atomic E-state index is 10.5. The number of benzene rings is 2.